The van der Waals surface area contributed by atoms with Crippen LogP contribution in [-0.4, -0.2) is 48.0 Å². The van der Waals surface area contributed by atoms with E-state index in [0.717, 1.165) is 25.7 Å². The molecule has 1 saturated carbocycles. The first-order valence-corrected chi connectivity index (χ1v) is 7.43. The molecule has 0 aromatic heterocycles. The summed E-state index contributed by atoms with van der Waals surface area (Å²) in [4.78, 5) is 23.9. The molecule has 3 aliphatic rings. The van der Waals surface area contributed by atoms with Crippen molar-refractivity contribution in [2.45, 2.75) is 36.3 Å². The highest BCUT2D eigenvalue weighted by molar-refractivity contribution is 9.09. The van der Waals surface area contributed by atoms with E-state index in [9.17, 15) is 9.59 Å². The van der Waals surface area contributed by atoms with Crippen molar-refractivity contribution < 1.29 is 23.3 Å². The predicted molar refractivity (Wildman–Crippen MR) is 68.8 cm³/mol. The van der Waals surface area contributed by atoms with Gasteiger partial charge in [-0.3, -0.25) is 9.59 Å². The second kappa shape index (κ2) is 3.97. The van der Waals surface area contributed by atoms with E-state index in [1.165, 1.54) is 0 Å². The van der Waals surface area contributed by atoms with Gasteiger partial charge in [0.2, 0.25) is 0 Å². The second-order valence-corrected chi connectivity index (χ2v) is 7.31. The van der Waals surface area contributed by atoms with Crippen LogP contribution < -0.4 is 0 Å². The molecule has 0 atom stereocenters. The van der Waals surface area contributed by atoms with Gasteiger partial charge in [0.1, 0.15) is 13.1 Å². The van der Waals surface area contributed by atoms with E-state index in [2.05, 4.69) is 15.9 Å². The average Bonchev–Trinajstić information content (AvgIpc) is 2.63. The summed E-state index contributed by atoms with van der Waals surface area (Å²) >= 11 is 3.62. The fourth-order valence-electron chi connectivity index (χ4n) is 3.83. The largest absolute Gasteiger partial charge is 0.600 e. The number of rotatable bonds is 1. The first-order chi connectivity index (χ1) is 8.45. The number of halogens is 1. The molecule has 18 heavy (non-hydrogen) atoms. The monoisotopic (exact) mass is 317 g/mol. The van der Waals surface area contributed by atoms with E-state index < -0.39 is 6.69 Å². The molecule has 0 spiro atoms. The highest BCUT2D eigenvalue weighted by Crippen LogP contribution is 2.48. The van der Waals surface area contributed by atoms with E-state index >= 15 is 0 Å². The number of carbonyl (C=O) groups excluding carboxylic acids is 2. The van der Waals surface area contributed by atoms with Gasteiger partial charge < -0.3 is 13.7 Å². The molecule has 2 aliphatic heterocycles. The van der Waals surface area contributed by atoms with E-state index in [0.29, 0.717) is 9.22 Å². The van der Waals surface area contributed by atoms with Gasteiger partial charge in [-0.05, 0) is 18.7 Å². The number of quaternary nitrogens is 1. The molecule has 5 nitrogen and oxygen atoms in total. The Labute approximate surface area is 115 Å². The summed E-state index contributed by atoms with van der Waals surface area (Å²) in [5.74, 6) is -0.279. The fraction of sp³-hybridized carbons (Fsp3) is 0.818. The Balaban J connectivity index is 1.91. The zero-order chi connectivity index (χ0) is 13.0. The number of alkyl halides is 1. The number of carbonyl (C=O) groups is 2. The van der Waals surface area contributed by atoms with Crippen molar-refractivity contribution in [1.29, 1.82) is 0 Å². The molecule has 100 valence electrons. The highest BCUT2D eigenvalue weighted by Gasteiger charge is 2.68. The first kappa shape index (κ1) is 12.5. The van der Waals surface area contributed by atoms with Crippen molar-refractivity contribution in [3.63, 3.8) is 0 Å². The molecule has 0 N–H and O–H groups in total. The van der Waals surface area contributed by atoms with Crippen LogP contribution in [0.25, 0.3) is 0 Å². The summed E-state index contributed by atoms with van der Waals surface area (Å²) in [6.07, 6.45) is 3.99. The maximum atomic E-state index is 11.7. The van der Waals surface area contributed by atoms with Gasteiger partial charge >= 0.3 is 18.6 Å². The maximum absolute atomic E-state index is 11.7. The first-order valence-electron chi connectivity index (χ1n) is 6.52. The molecule has 3 fully saturated rings. The highest BCUT2D eigenvalue weighted by atomic mass is 79.9. The fourth-order valence-corrected chi connectivity index (χ4v) is 4.36. The van der Waals surface area contributed by atoms with Gasteiger partial charge in [-0.15, -0.1) is 0 Å². The van der Waals surface area contributed by atoms with E-state index in [1.54, 1.807) is 0 Å². The quantitative estimate of drug-likeness (QED) is 0.538. The Morgan fingerprint density at radius 2 is 1.61 bits per heavy atom. The van der Waals surface area contributed by atoms with E-state index in [4.69, 9.17) is 9.31 Å². The lowest BCUT2D eigenvalue weighted by Gasteiger charge is -2.46. The van der Waals surface area contributed by atoms with Crippen LogP contribution in [0.15, 0.2) is 0 Å². The van der Waals surface area contributed by atoms with Gasteiger partial charge in [0.25, 0.3) is 0 Å². The molecular formula is C11H17BBrNO4. The SMILES string of the molecule is C[N+]12CC(=O)O[B-]1(C1CCC(Br)CC1)OC(=O)C2. The Morgan fingerprint density at radius 3 is 2.11 bits per heavy atom. The number of likely N-dealkylation sites (N-methyl/N-ethyl adjacent to an activating group) is 1. The molecule has 7 heteroatoms. The third-order valence-corrected chi connectivity index (χ3v) is 5.66. The number of hydrogen-bond acceptors (Lipinski definition) is 4. The molecule has 2 saturated heterocycles. The van der Waals surface area contributed by atoms with Crippen molar-refractivity contribution in [3.05, 3.63) is 0 Å². The van der Waals surface area contributed by atoms with Gasteiger partial charge in [0, 0.05) is 11.9 Å². The third-order valence-electron chi connectivity index (χ3n) is 4.75. The zero-order valence-electron chi connectivity index (χ0n) is 10.4. The van der Waals surface area contributed by atoms with Crippen LogP contribution in [0.3, 0.4) is 0 Å². The van der Waals surface area contributed by atoms with Crippen molar-refractivity contribution in [1.82, 2.24) is 0 Å². The Kier molecular flexibility index (Phi) is 2.75. The standard InChI is InChI=1S/C11H17BBrNO4/c1-14-6-10(15)17-12(14,18-11(16)7-14)8-2-4-9(13)5-3-8/h8-9H,2-7H2,1H3. The molecule has 2 heterocycles. The van der Waals surface area contributed by atoms with Crippen molar-refractivity contribution >= 4 is 34.6 Å². The maximum Gasteiger partial charge on any atom is 0.586 e. The molecule has 0 aromatic carbocycles. The van der Waals surface area contributed by atoms with Crippen LogP contribution >= 0.6 is 15.9 Å². The lowest BCUT2D eigenvalue weighted by molar-refractivity contribution is -0.794. The number of fused-ring (bicyclic) bond motifs is 1. The molecule has 3 rings (SSSR count). The lowest BCUT2D eigenvalue weighted by atomic mass is 9.51. The van der Waals surface area contributed by atoms with Crippen LogP contribution in [0.2, 0.25) is 5.82 Å². The average molecular weight is 318 g/mol. The molecule has 0 radical (unpaired) electrons. The van der Waals surface area contributed by atoms with Gasteiger partial charge in [0.05, 0.1) is 0 Å². The van der Waals surface area contributed by atoms with Crippen LogP contribution in [-0.2, 0) is 18.9 Å². The van der Waals surface area contributed by atoms with Crippen molar-refractivity contribution in [2.24, 2.45) is 0 Å². The summed E-state index contributed by atoms with van der Waals surface area (Å²) in [6, 6.07) is 0. The minimum Gasteiger partial charge on any atom is -0.600 e. The summed E-state index contributed by atoms with van der Waals surface area (Å²) < 4.78 is 11.4. The van der Waals surface area contributed by atoms with Crippen LogP contribution in [0.4, 0.5) is 0 Å². The molecule has 0 amide bonds. The van der Waals surface area contributed by atoms with Gasteiger partial charge in [-0.2, -0.15) is 0 Å². The molecule has 0 bridgehead atoms. The summed E-state index contributed by atoms with van der Waals surface area (Å²) in [5, 5.41) is 0. The summed E-state index contributed by atoms with van der Waals surface area (Å²) in [5.41, 5.74) is 0. The summed E-state index contributed by atoms with van der Waals surface area (Å²) in [6.45, 7) is -1.29. The van der Waals surface area contributed by atoms with Gasteiger partial charge in [0.15, 0.2) is 0 Å². The predicted octanol–water partition coefficient (Wildman–Crippen LogP) is 1.19. The smallest absolute Gasteiger partial charge is 0.586 e. The van der Waals surface area contributed by atoms with E-state index in [1.807, 2.05) is 7.05 Å². The molecule has 1 aliphatic carbocycles. The van der Waals surface area contributed by atoms with Crippen LogP contribution in [0.5, 0.6) is 0 Å². The molecule has 0 unspecified atom stereocenters. The molecule has 0 aromatic rings. The Hall–Kier alpha value is -0.555. The topological polar surface area (TPSA) is 52.6 Å². The summed E-state index contributed by atoms with van der Waals surface area (Å²) in [7, 11) is 1.91. The normalized spacial score (nSPS) is 47.7. The third kappa shape index (κ3) is 1.63. The van der Waals surface area contributed by atoms with Crippen molar-refractivity contribution in [3.8, 4) is 0 Å². The molecular weight excluding hydrogens is 301 g/mol. The Bertz CT molecular complexity index is 388. The van der Waals surface area contributed by atoms with Crippen molar-refractivity contribution in [2.75, 3.05) is 20.1 Å². The number of nitrogens with zero attached hydrogens (tertiary/aromatic N) is 1. The van der Waals surface area contributed by atoms with Crippen LogP contribution in [0.1, 0.15) is 25.7 Å². The lowest BCUT2D eigenvalue weighted by Crippen LogP contribution is -2.63. The van der Waals surface area contributed by atoms with E-state index in [-0.39, 0.29) is 30.8 Å². The zero-order valence-corrected chi connectivity index (χ0v) is 12.0. The van der Waals surface area contributed by atoms with Gasteiger partial charge in [-0.25, -0.2) is 0 Å². The van der Waals surface area contributed by atoms with Gasteiger partial charge in [-0.1, -0.05) is 28.8 Å². The Morgan fingerprint density at radius 1 is 1.11 bits per heavy atom. The second-order valence-electron chi connectivity index (χ2n) is 6.02. The number of hydrogen-bond donors (Lipinski definition) is 0. The van der Waals surface area contributed by atoms with Crippen LogP contribution in [0, 0.1) is 0 Å². The minimum atomic E-state index is -1.81. The minimum absolute atomic E-state index is 0.182.